The molecule has 0 unspecified atom stereocenters. The summed E-state index contributed by atoms with van der Waals surface area (Å²) in [5, 5.41) is 0.680. The van der Waals surface area contributed by atoms with Gasteiger partial charge in [-0.2, -0.15) is 0 Å². The molecule has 5 nitrogen and oxygen atoms in total. The fourth-order valence-electron chi connectivity index (χ4n) is 2.27. The van der Waals surface area contributed by atoms with E-state index in [0.29, 0.717) is 5.02 Å². The van der Waals surface area contributed by atoms with Gasteiger partial charge in [0.05, 0.1) is 27.9 Å². The molecule has 0 atom stereocenters. The van der Waals surface area contributed by atoms with Crippen LogP contribution in [0.4, 0.5) is 4.39 Å². The van der Waals surface area contributed by atoms with Gasteiger partial charge in [0.2, 0.25) is 0 Å². The summed E-state index contributed by atoms with van der Waals surface area (Å²) in [6, 6.07) is 9.49. The van der Waals surface area contributed by atoms with Gasteiger partial charge in [-0.15, -0.1) is 0 Å². The molecule has 24 heavy (non-hydrogen) atoms. The summed E-state index contributed by atoms with van der Waals surface area (Å²) in [4.78, 5) is 16.5. The summed E-state index contributed by atoms with van der Waals surface area (Å²) in [6.45, 7) is -0.0515. The molecule has 0 saturated carbocycles. The number of benzene rings is 2. The van der Waals surface area contributed by atoms with Crippen LogP contribution in [0, 0.1) is 5.82 Å². The minimum Gasteiger partial charge on any atom is -0.298 e. The van der Waals surface area contributed by atoms with Crippen LogP contribution in [-0.4, -0.2) is 23.7 Å². The average molecular weight is 367 g/mol. The Balaban J connectivity index is 1.88. The van der Waals surface area contributed by atoms with Crippen molar-refractivity contribution in [2.45, 2.75) is 11.4 Å². The van der Waals surface area contributed by atoms with Gasteiger partial charge in [0.25, 0.3) is 5.56 Å². The van der Waals surface area contributed by atoms with E-state index >= 15 is 0 Å². The predicted octanol–water partition coefficient (Wildman–Crippen LogP) is 2.66. The van der Waals surface area contributed by atoms with Crippen molar-refractivity contribution < 1.29 is 12.8 Å². The third kappa shape index (κ3) is 3.32. The summed E-state index contributed by atoms with van der Waals surface area (Å²) in [6.07, 6.45) is 1.22. The molecule has 2 aromatic carbocycles. The second-order valence-electron chi connectivity index (χ2n) is 5.18. The minimum absolute atomic E-state index is 0.0515. The number of hydrogen-bond donors (Lipinski definition) is 0. The number of nitrogens with zero attached hydrogens (tertiary/aromatic N) is 2. The summed E-state index contributed by atoms with van der Waals surface area (Å²) in [5.41, 5.74) is -0.178. The third-order valence-corrected chi connectivity index (χ3v) is 5.52. The highest BCUT2D eigenvalue weighted by Crippen LogP contribution is 2.16. The average Bonchev–Trinajstić information content (AvgIpc) is 2.54. The zero-order chi connectivity index (χ0) is 17.3. The number of aryl methyl sites for hydroxylation is 1. The number of aromatic nitrogens is 2. The van der Waals surface area contributed by atoms with E-state index in [0.717, 1.165) is 6.07 Å². The highest BCUT2D eigenvalue weighted by Gasteiger charge is 2.15. The Kier molecular flexibility index (Phi) is 4.38. The molecule has 1 aromatic heterocycles. The van der Waals surface area contributed by atoms with E-state index in [1.54, 1.807) is 0 Å². The van der Waals surface area contributed by atoms with E-state index in [2.05, 4.69) is 4.98 Å². The monoisotopic (exact) mass is 366 g/mol. The molecule has 0 radical (unpaired) electrons. The Labute approximate surface area is 142 Å². The smallest absolute Gasteiger partial charge is 0.261 e. The second kappa shape index (κ2) is 6.33. The molecule has 3 aromatic rings. The lowest BCUT2D eigenvalue weighted by molar-refractivity contribution is 0.586. The number of fused-ring (bicyclic) bond motifs is 1. The molecule has 0 fully saturated rings. The van der Waals surface area contributed by atoms with Crippen LogP contribution in [0.15, 0.2) is 58.5 Å². The number of rotatable bonds is 4. The zero-order valence-electron chi connectivity index (χ0n) is 12.3. The molecule has 1 heterocycles. The molecular formula is C16H12ClFN2O3S. The summed E-state index contributed by atoms with van der Waals surface area (Å²) < 4.78 is 39.0. The van der Waals surface area contributed by atoms with Gasteiger partial charge in [0.1, 0.15) is 5.82 Å². The van der Waals surface area contributed by atoms with Crippen molar-refractivity contribution in [1.29, 1.82) is 0 Å². The first-order valence-electron chi connectivity index (χ1n) is 7.00. The maximum absolute atomic E-state index is 13.2. The Bertz CT molecular complexity index is 1060. The van der Waals surface area contributed by atoms with Crippen LogP contribution in [0.2, 0.25) is 5.02 Å². The van der Waals surface area contributed by atoms with Gasteiger partial charge in [-0.1, -0.05) is 11.6 Å². The van der Waals surface area contributed by atoms with Crippen molar-refractivity contribution in [3.63, 3.8) is 0 Å². The van der Waals surface area contributed by atoms with Crippen LogP contribution in [0.5, 0.6) is 0 Å². The van der Waals surface area contributed by atoms with Crippen molar-refractivity contribution >= 4 is 32.3 Å². The van der Waals surface area contributed by atoms with Crippen LogP contribution in [0.25, 0.3) is 10.9 Å². The van der Waals surface area contributed by atoms with E-state index in [4.69, 9.17) is 11.6 Å². The first-order chi connectivity index (χ1) is 11.4. The molecular weight excluding hydrogens is 355 g/mol. The molecule has 0 amide bonds. The summed E-state index contributed by atoms with van der Waals surface area (Å²) in [5.74, 6) is -0.749. The number of halogens is 2. The van der Waals surface area contributed by atoms with E-state index < -0.39 is 21.2 Å². The normalized spacial score (nSPS) is 11.8. The van der Waals surface area contributed by atoms with Crippen molar-refractivity contribution in [3.8, 4) is 0 Å². The SMILES string of the molecule is O=c1c2ccc(F)cc2ncn1CCS(=O)(=O)c1ccc(Cl)cc1. The number of hydrogen-bond acceptors (Lipinski definition) is 4. The molecule has 8 heteroatoms. The van der Waals surface area contributed by atoms with E-state index in [1.165, 1.54) is 47.3 Å². The highest BCUT2D eigenvalue weighted by atomic mass is 35.5. The Morgan fingerprint density at radius 1 is 1.12 bits per heavy atom. The first kappa shape index (κ1) is 16.6. The van der Waals surface area contributed by atoms with Gasteiger partial charge in [-0.3, -0.25) is 9.36 Å². The molecule has 0 aliphatic rings. The van der Waals surface area contributed by atoms with E-state index in [-0.39, 0.29) is 28.1 Å². The van der Waals surface area contributed by atoms with Gasteiger partial charge >= 0.3 is 0 Å². The quantitative estimate of drug-likeness (QED) is 0.711. The molecule has 0 aliphatic carbocycles. The maximum atomic E-state index is 13.2. The van der Waals surface area contributed by atoms with Crippen LogP contribution < -0.4 is 5.56 Å². The Morgan fingerprint density at radius 3 is 2.54 bits per heavy atom. The first-order valence-corrected chi connectivity index (χ1v) is 9.03. The van der Waals surface area contributed by atoms with Crippen molar-refractivity contribution in [2.75, 3.05) is 5.75 Å². The molecule has 0 aliphatic heterocycles. The zero-order valence-corrected chi connectivity index (χ0v) is 13.9. The largest absolute Gasteiger partial charge is 0.298 e. The van der Waals surface area contributed by atoms with Crippen molar-refractivity contribution in [1.82, 2.24) is 9.55 Å². The van der Waals surface area contributed by atoms with E-state index in [1.807, 2.05) is 0 Å². The van der Waals surface area contributed by atoms with Gasteiger partial charge in [-0.05, 0) is 36.4 Å². The van der Waals surface area contributed by atoms with Crippen LogP contribution in [0.3, 0.4) is 0 Å². The second-order valence-corrected chi connectivity index (χ2v) is 7.72. The van der Waals surface area contributed by atoms with Crippen molar-refractivity contribution in [3.05, 3.63) is 70.0 Å². The van der Waals surface area contributed by atoms with Gasteiger partial charge in [0, 0.05) is 17.6 Å². The minimum atomic E-state index is -3.56. The molecule has 0 N–H and O–H groups in total. The van der Waals surface area contributed by atoms with Crippen LogP contribution in [0.1, 0.15) is 0 Å². The number of sulfone groups is 1. The van der Waals surface area contributed by atoms with Gasteiger partial charge in [0.15, 0.2) is 9.84 Å². The lowest BCUT2D eigenvalue weighted by atomic mass is 10.2. The highest BCUT2D eigenvalue weighted by molar-refractivity contribution is 7.91. The molecule has 124 valence electrons. The summed E-state index contributed by atoms with van der Waals surface area (Å²) >= 11 is 5.75. The lowest BCUT2D eigenvalue weighted by Gasteiger charge is -2.08. The third-order valence-electron chi connectivity index (χ3n) is 3.56. The molecule has 0 saturated heterocycles. The fraction of sp³-hybridized carbons (Fsp3) is 0.125. The molecule has 0 spiro atoms. The molecule has 0 bridgehead atoms. The Hall–Kier alpha value is -2.25. The summed E-state index contributed by atoms with van der Waals surface area (Å²) in [7, 11) is -3.56. The predicted molar refractivity (Wildman–Crippen MR) is 89.5 cm³/mol. The van der Waals surface area contributed by atoms with Crippen molar-refractivity contribution in [2.24, 2.45) is 0 Å². The lowest BCUT2D eigenvalue weighted by Crippen LogP contribution is -2.24. The fourth-order valence-corrected chi connectivity index (χ4v) is 3.62. The van der Waals surface area contributed by atoms with Gasteiger partial charge in [-0.25, -0.2) is 17.8 Å². The maximum Gasteiger partial charge on any atom is 0.261 e. The standard InChI is InChI=1S/C16H12ClFN2O3S/c17-11-1-4-13(5-2-11)24(22,23)8-7-20-10-19-15-9-12(18)3-6-14(15)16(20)21/h1-6,9-10H,7-8H2. The van der Waals surface area contributed by atoms with Crippen LogP contribution >= 0.6 is 11.6 Å². The van der Waals surface area contributed by atoms with Crippen LogP contribution in [-0.2, 0) is 16.4 Å². The Morgan fingerprint density at radius 2 is 1.83 bits per heavy atom. The topological polar surface area (TPSA) is 69.0 Å². The van der Waals surface area contributed by atoms with E-state index in [9.17, 15) is 17.6 Å². The van der Waals surface area contributed by atoms with Gasteiger partial charge < -0.3 is 0 Å². The molecule has 3 rings (SSSR count).